The number of carbonyl (C=O) groups excluding carboxylic acids is 4. The first-order valence-electron chi connectivity index (χ1n) is 13.8. The maximum atomic E-state index is 13.1. The smallest absolute Gasteiger partial charge is 0.407 e. The van der Waals surface area contributed by atoms with Gasteiger partial charge in [-0.2, -0.15) is 0 Å². The van der Waals surface area contributed by atoms with E-state index in [9.17, 15) is 24.3 Å². The standard InChI is InChI=1S/C29H43N3O7/c1-22(19-33)31-26(34)18-24-14-8-3-2-4-9-16-27(35)38-21-25(32-28(24)36)15-10-11-17-30-29(37)39-20-23-12-6-5-7-13-23/h3,5-8,12-13,22,24-25,33H,2,4,9-11,14-21H2,1H3,(H,30,37)(H,31,34)(H,32,36)/t22-,24+,25-/m0/s1. The number of allylic oxidation sites excluding steroid dienone is 2. The first-order chi connectivity index (χ1) is 18.9. The number of hydrogen-bond donors (Lipinski definition) is 4. The first kappa shape index (κ1) is 31.8. The van der Waals surface area contributed by atoms with Gasteiger partial charge < -0.3 is 30.5 Å². The molecule has 1 aromatic carbocycles. The minimum atomic E-state index is -0.589. The zero-order chi connectivity index (χ0) is 28.3. The van der Waals surface area contributed by atoms with E-state index in [1.807, 2.05) is 42.5 Å². The Morgan fingerprint density at radius 1 is 1.15 bits per heavy atom. The molecule has 0 fully saturated rings. The lowest BCUT2D eigenvalue weighted by Crippen LogP contribution is -2.44. The molecule has 4 N–H and O–H groups in total. The molecule has 0 bridgehead atoms. The van der Waals surface area contributed by atoms with Crippen LogP contribution in [0.4, 0.5) is 4.79 Å². The zero-order valence-corrected chi connectivity index (χ0v) is 22.9. The van der Waals surface area contributed by atoms with Crippen molar-refractivity contribution in [1.29, 1.82) is 0 Å². The average Bonchev–Trinajstić information content (AvgIpc) is 2.93. The Morgan fingerprint density at radius 2 is 1.95 bits per heavy atom. The number of ether oxygens (including phenoxy) is 2. The number of amides is 3. The second kappa shape index (κ2) is 18.8. The molecule has 0 saturated carbocycles. The number of benzene rings is 1. The zero-order valence-electron chi connectivity index (χ0n) is 22.9. The van der Waals surface area contributed by atoms with Gasteiger partial charge >= 0.3 is 12.1 Å². The molecular formula is C29H43N3O7. The monoisotopic (exact) mass is 545 g/mol. The van der Waals surface area contributed by atoms with Crippen LogP contribution in [0.2, 0.25) is 0 Å². The van der Waals surface area contributed by atoms with Crippen molar-refractivity contribution in [3.63, 3.8) is 0 Å². The fraction of sp³-hybridized carbons (Fsp3) is 0.586. The topological polar surface area (TPSA) is 143 Å². The lowest BCUT2D eigenvalue weighted by atomic mass is 9.97. The molecule has 0 aliphatic carbocycles. The molecule has 1 aromatic rings. The van der Waals surface area contributed by atoms with Gasteiger partial charge in [-0.1, -0.05) is 42.5 Å². The molecule has 0 spiro atoms. The van der Waals surface area contributed by atoms with E-state index in [0.29, 0.717) is 38.6 Å². The Bertz CT molecular complexity index is 923. The highest BCUT2D eigenvalue weighted by molar-refractivity contribution is 5.86. The predicted molar refractivity (Wildman–Crippen MR) is 146 cm³/mol. The van der Waals surface area contributed by atoms with Crippen LogP contribution in [0.1, 0.15) is 70.3 Å². The van der Waals surface area contributed by atoms with Crippen molar-refractivity contribution < 1.29 is 33.8 Å². The summed E-state index contributed by atoms with van der Waals surface area (Å²) < 4.78 is 10.6. The summed E-state index contributed by atoms with van der Waals surface area (Å²) in [5, 5.41) is 17.6. The minimum absolute atomic E-state index is 0.0119. The van der Waals surface area contributed by atoms with Crippen LogP contribution < -0.4 is 16.0 Å². The minimum Gasteiger partial charge on any atom is -0.463 e. The highest BCUT2D eigenvalue weighted by Gasteiger charge is 2.24. The van der Waals surface area contributed by atoms with Crippen LogP contribution in [0.5, 0.6) is 0 Å². The van der Waals surface area contributed by atoms with Gasteiger partial charge in [-0.25, -0.2) is 4.79 Å². The summed E-state index contributed by atoms with van der Waals surface area (Å²) in [5.74, 6) is -1.48. The van der Waals surface area contributed by atoms with E-state index in [0.717, 1.165) is 24.8 Å². The van der Waals surface area contributed by atoms with Crippen molar-refractivity contribution in [1.82, 2.24) is 16.0 Å². The van der Waals surface area contributed by atoms with Gasteiger partial charge in [0.05, 0.1) is 18.6 Å². The Morgan fingerprint density at radius 3 is 2.72 bits per heavy atom. The second-order valence-corrected chi connectivity index (χ2v) is 9.88. The Hall–Kier alpha value is -3.40. The van der Waals surface area contributed by atoms with Gasteiger partial charge in [0.1, 0.15) is 13.2 Å². The lowest BCUT2D eigenvalue weighted by Gasteiger charge is -2.23. The highest BCUT2D eigenvalue weighted by atomic mass is 16.5. The number of hydrogen-bond acceptors (Lipinski definition) is 7. The molecule has 1 aliphatic rings. The summed E-state index contributed by atoms with van der Waals surface area (Å²) in [5.41, 5.74) is 0.904. The Balaban J connectivity index is 1.87. The highest BCUT2D eigenvalue weighted by Crippen LogP contribution is 2.14. The Labute approximate surface area is 230 Å². The number of cyclic esters (lactones) is 1. The lowest BCUT2D eigenvalue weighted by molar-refractivity contribution is -0.145. The maximum Gasteiger partial charge on any atom is 0.407 e. The predicted octanol–water partition coefficient (Wildman–Crippen LogP) is 3.13. The van der Waals surface area contributed by atoms with E-state index in [4.69, 9.17) is 9.47 Å². The second-order valence-electron chi connectivity index (χ2n) is 9.88. The summed E-state index contributed by atoms with van der Waals surface area (Å²) in [6, 6.07) is 8.59. The van der Waals surface area contributed by atoms with E-state index in [2.05, 4.69) is 16.0 Å². The number of carbonyl (C=O) groups is 4. The SMILES string of the molecule is C[C@@H](CO)NC(=O)C[C@H]1CC=CCCCCC(=O)OC[C@H](CCCCNC(=O)OCc2ccccc2)NC1=O. The quantitative estimate of drug-likeness (QED) is 0.190. The third-order valence-electron chi connectivity index (χ3n) is 6.33. The van der Waals surface area contributed by atoms with E-state index in [-0.39, 0.29) is 44.0 Å². The molecule has 10 nitrogen and oxygen atoms in total. The van der Waals surface area contributed by atoms with Crippen LogP contribution in [-0.4, -0.2) is 60.8 Å². The van der Waals surface area contributed by atoms with Gasteiger partial charge in [0.25, 0.3) is 0 Å². The summed E-state index contributed by atoms with van der Waals surface area (Å²) >= 11 is 0. The van der Waals surface area contributed by atoms with E-state index in [1.54, 1.807) is 6.92 Å². The van der Waals surface area contributed by atoms with Crippen molar-refractivity contribution in [2.24, 2.45) is 5.92 Å². The molecule has 216 valence electrons. The largest absolute Gasteiger partial charge is 0.463 e. The van der Waals surface area contributed by atoms with Crippen molar-refractivity contribution >= 4 is 23.9 Å². The number of rotatable bonds is 11. The molecule has 3 amide bonds. The fourth-order valence-electron chi connectivity index (χ4n) is 4.06. The molecule has 2 rings (SSSR count). The van der Waals surface area contributed by atoms with Crippen LogP contribution in [0, 0.1) is 5.92 Å². The van der Waals surface area contributed by atoms with E-state index >= 15 is 0 Å². The molecule has 1 heterocycles. The number of aliphatic hydroxyl groups is 1. The summed E-state index contributed by atoms with van der Waals surface area (Å²) in [7, 11) is 0. The molecule has 0 aromatic heterocycles. The van der Waals surface area contributed by atoms with E-state index < -0.39 is 24.1 Å². The van der Waals surface area contributed by atoms with Crippen LogP contribution in [0.3, 0.4) is 0 Å². The van der Waals surface area contributed by atoms with Gasteiger partial charge in [-0.15, -0.1) is 0 Å². The molecule has 0 unspecified atom stereocenters. The molecular weight excluding hydrogens is 502 g/mol. The van der Waals surface area contributed by atoms with Crippen LogP contribution in [-0.2, 0) is 30.5 Å². The molecule has 1 aliphatic heterocycles. The summed E-state index contributed by atoms with van der Waals surface area (Å²) in [4.78, 5) is 49.6. The maximum absolute atomic E-state index is 13.1. The number of esters is 1. The molecule has 39 heavy (non-hydrogen) atoms. The Kier molecular flexibility index (Phi) is 15.3. The van der Waals surface area contributed by atoms with Crippen LogP contribution in [0.25, 0.3) is 0 Å². The average molecular weight is 546 g/mol. The van der Waals surface area contributed by atoms with Crippen molar-refractivity contribution in [2.45, 2.75) is 83.4 Å². The molecule has 0 radical (unpaired) electrons. The van der Waals surface area contributed by atoms with Gasteiger partial charge in [0.15, 0.2) is 0 Å². The summed E-state index contributed by atoms with van der Waals surface area (Å²) in [6.45, 7) is 2.15. The van der Waals surface area contributed by atoms with Crippen molar-refractivity contribution in [3.8, 4) is 0 Å². The molecule has 3 atom stereocenters. The third kappa shape index (κ3) is 14.4. The van der Waals surface area contributed by atoms with E-state index in [1.165, 1.54) is 0 Å². The number of nitrogens with one attached hydrogen (secondary N) is 3. The van der Waals surface area contributed by atoms with Crippen LogP contribution in [0.15, 0.2) is 42.5 Å². The normalized spacial score (nSPS) is 19.6. The van der Waals surface area contributed by atoms with Crippen molar-refractivity contribution in [3.05, 3.63) is 48.0 Å². The third-order valence-corrected chi connectivity index (χ3v) is 6.33. The summed E-state index contributed by atoms with van der Waals surface area (Å²) in [6.07, 6.45) is 8.31. The number of unbranched alkanes of at least 4 members (excludes halogenated alkanes) is 1. The number of aliphatic hydroxyl groups excluding tert-OH is 1. The number of alkyl carbamates (subject to hydrolysis) is 1. The van der Waals surface area contributed by atoms with Gasteiger partial charge in [-0.3, -0.25) is 14.4 Å². The van der Waals surface area contributed by atoms with Gasteiger partial charge in [0.2, 0.25) is 11.8 Å². The molecule has 0 saturated heterocycles. The van der Waals surface area contributed by atoms with Gasteiger partial charge in [-0.05, 0) is 57.4 Å². The first-order valence-corrected chi connectivity index (χ1v) is 13.8. The van der Waals surface area contributed by atoms with Gasteiger partial charge in [0, 0.05) is 25.4 Å². The van der Waals surface area contributed by atoms with Crippen LogP contribution >= 0.6 is 0 Å². The molecule has 10 heteroatoms. The van der Waals surface area contributed by atoms with Crippen molar-refractivity contribution in [2.75, 3.05) is 19.8 Å². The fourth-order valence-corrected chi connectivity index (χ4v) is 4.06.